The van der Waals surface area contributed by atoms with Gasteiger partial charge in [-0.25, -0.2) is 28.2 Å². The molecular weight excluding hydrogens is 506 g/mol. The lowest BCUT2D eigenvalue weighted by Gasteiger charge is -2.35. The van der Waals surface area contributed by atoms with Crippen molar-refractivity contribution in [3.8, 4) is 17.2 Å². The number of nitrogens with one attached hydrogen (secondary N) is 1. The average molecular weight is 537 g/mol. The highest BCUT2D eigenvalue weighted by molar-refractivity contribution is 5.82. The summed E-state index contributed by atoms with van der Waals surface area (Å²) in [7, 11) is 0. The number of nitrogens with zero attached hydrogens (tertiary/aromatic N) is 7. The zero-order valence-corrected chi connectivity index (χ0v) is 22.2. The second kappa shape index (κ2) is 10.5. The number of halogens is 2. The summed E-state index contributed by atoms with van der Waals surface area (Å²) in [5.74, 6) is 0.555. The van der Waals surface area contributed by atoms with E-state index in [-0.39, 0.29) is 17.4 Å². The van der Waals surface area contributed by atoms with Crippen molar-refractivity contribution in [1.82, 2.24) is 35.0 Å². The van der Waals surface area contributed by atoms with Gasteiger partial charge < -0.3 is 15.0 Å². The lowest BCUT2D eigenvalue weighted by molar-refractivity contribution is 0.0499. The molecule has 1 saturated heterocycles. The minimum atomic E-state index is -2.72. The molecule has 0 aromatic carbocycles. The van der Waals surface area contributed by atoms with Crippen LogP contribution in [0.4, 0.5) is 19.4 Å². The largest absolute Gasteiger partial charge is 0.444 e. The number of rotatable bonds is 5. The van der Waals surface area contributed by atoms with Crippen LogP contribution in [0.15, 0.2) is 43.0 Å². The minimum Gasteiger partial charge on any atom is -0.444 e. The third kappa shape index (κ3) is 5.94. The summed E-state index contributed by atoms with van der Waals surface area (Å²) in [4.78, 5) is 31.9. The molecule has 1 aliphatic heterocycles. The van der Waals surface area contributed by atoms with Gasteiger partial charge in [0.15, 0.2) is 5.82 Å². The van der Waals surface area contributed by atoms with E-state index in [0.29, 0.717) is 48.7 Å². The highest BCUT2D eigenvalue weighted by Gasteiger charge is 2.28. The number of aromatic nitrogens is 6. The number of pyridine rings is 2. The number of alkyl carbamates (subject to hydrolysis) is 1. The molecule has 0 bridgehead atoms. The van der Waals surface area contributed by atoms with E-state index >= 15 is 0 Å². The molecular formula is C27H30F2N8O2. The SMILES string of the molecule is Cc1cncc(-c2cc3c(cn2)cnn3-c2ccc(C(F)F)c(N3CCCC(NC(=O)OC(C)(C)C)C3)n2)n1. The number of amides is 1. The van der Waals surface area contributed by atoms with Crippen molar-refractivity contribution in [2.45, 2.75) is 58.6 Å². The number of hydrogen-bond acceptors (Lipinski definition) is 8. The van der Waals surface area contributed by atoms with Gasteiger partial charge in [-0.15, -0.1) is 0 Å². The van der Waals surface area contributed by atoms with E-state index in [0.717, 1.165) is 11.1 Å². The molecule has 1 N–H and O–H groups in total. The van der Waals surface area contributed by atoms with E-state index in [9.17, 15) is 13.6 Å². The molecule has 5 rings (SSSR count). The van der Waals surface area contributed by atoms with Crippen LogP contribution in [0.3, 0.4) is 0 Å². The molecule has 12 heteroatoms. The third-order valence-electron chi connectivity index (χ3n) is 6.25. The smallest absolute Gasteiger partial charge is 0.407 e. The molecule has 1 aliphatic rings. The molecule has 0 saturated carbocycles. The first kappa shape index (κ1) is 26.4. The first-order valence-electron chi connectivity index (χ1n) is 12.7. The predicted molar refractivity (Wildman–Crippen MR) is 142 cm³/mol. The number of carbonyl (C=O) groups is 1. The molecule has 10 nitrogen and oxygen atoms in total. The summed E-state index contributed by atoms with van der Waals surface area (Å²) in [5.41, 5.74) is 1.88. The van der Waals surface area contributed by atoms with Crippen LogP contribution in [-0.2, 0) is 4.74 Å². The maximum atomic E-state index is 14.1. The molecule has 0 radical (unpaired) electrons. The van der Waals surface area contributed by atoms with Crippen LogP contribution >= 0.6 is 0 Å². The third-order valence-corrected chi connectivity index (χ3v) is 6.25. The fraction of sp³-hybridized carbons (Fsp3) is 0.407. The second-order valence-electron chi connectivity index (χ2n) is 10.5. The average Bonchev–Trinajstić information content (AvgIpc) is 3.30. The zero-order chi connectivity index (χ0) is 27.7. The highest BCUT2D eigenvalue weighted by atomic mass is 19.3. The van der Waals surface area contributed by atoms with Crippen LogP contribution in [0.25, 0.3) is 28.1 Å². The number of aryl methyl sites for hydroxylation is 1. The van der Waals surface area contributed by atoms with Gasteiger partial charge in [-0.1, -0.05) is 0 Å². The number of anilines is 1. The molecule has 4 aromatic heterocycles. The van der Waals surface area contributed by atoms with Crippen molar-refractivity contribution >= 4 is 22.8 Å². The van der Waals surface area contributed by atoms with Crippen molar-refractivity contribution in [2.24, 2.45) is 0 Å². The zero-order valence-electron chi connectivity index (χ0n) is 22.2. The minimum absolute atomic E-state index is 0.167. The summed E-state index contributed by atoms with van der Waals surface area (Å²) in [6.45, 7) is 8.07. The van der Waals surface area contributed by atoms with Gasteiger partial charge in [0.05, 0.1) is 34.9 Å². The van der Waals surface area contributed by atoms with Gasteiger partial charge in [0.2, 0.25) is 0 Å². The van der Waals surface area contributed by atoms with Crippen LogP contribution in [-0.4, -0.2) is 60.5 Å². The standard InChI is InChI=1S/C27H30F2N8O2/c1-16-11-30-14-21(33-16)20-10-22-17(12-31-20)13-32-37(22)23-8-7-19(24(28)29)25(35-23)36-9-5-6-18(15-36)34-26(38)39-27(2,3)4/h7-8,10-14,18,24H,5-6,9,15H2,1-4H3,(H,34,38). The van der Waals surface area contributed by atoms with Gasteiger partial charge in [0, 0.05) is 36.9 Å². The van der Waals surface area contributed by atoms with E-state index in [1.807, 2.05) is 13.0 Å². The number of alkyl halides is 2. The summed E-state index contributed by atoms with van der Waals surface area (Å²) >= 11 is 0. The van der Waals surface area contributed by atoms with Gasteiger partial charge in [-0.05, 0) is 58.7 Å². The van der Waals surface area contributed by atoms with E-state index in [1.165, 1.54) is 12.1 Å². The first-order valence-corrected chi connectivity index (χ1v) is 12.7. The van der Waals surface area contributed by atoms with E-state index in [1.54, 1.807) is 55.1 Å². The first-order chi connectivity index (χ1) is 18.6. The van der Waals surface area contributed by atoms with E-state index < -0.39 is 18.1 Å². The van der Waals surface area contributed by atoms with Crippen LogP contribution < -0.4 is 10.2 Å². The Balaban J connectivity index is 1.47. The molecule has 204 valence electrons. The molecule has 5 heterocycles. The number of carbonyl (C=O) groups excluding carboxylic acids is 1. The molecule has 0 aliphatic carbocycles. The molecule has 0 spiro atoms. The van der Waals surface area contributed by atoms with Gasteiger partial charge in [0.25, 0.3) is 6.43 Å². The fourth-order valence-corrected chi connectivity index (χ4v) is 4.58. The van der Waals surface area contributed by atoms with Crippen molar-refractivity contribution in [1.29, 1.82) is 0 Å². The topological polar surface area (TPSA) is 111 Å². The second-order valence-corrected chi connectivity index (χ2v) is 10.5. The Kier molecular flexibility index (Phi) is 7.11. The Labute approximate surface area is 224 Å². The molecule has 1 unspecified atom stereocenters. The quantitative estimate of drug-likeness (QED) is 0.379. The molecule has 1 atom stereocenters. The van der Waals surface area contributed by atoms with Crippen LogP contribution in [0, 0.1) is 6.92 Å². The summed E-state index contributed by atoms with van der Waals surface area (Å²) in [6, 6.07) is 4.48. The Morgan fingerprint density at radius 3 is 2.69 bits per heavy atom. The highest BCUT2D eigenvalue weighted by Crippen LogP contribution is 2.32. The molecule has 1 amide bonds. The number of hydrogen-bond donors (Lipinski definition) is 1. The van der Waals surface area contributed by atoms with Gasteiger partial charge >= 0.3 is 6.09 Å². The van der Waals surface area contributed by atoms with Crippen molar-refractivity contribution in [3.63, 3.8) is 0 Å². The summed E-state index contributed by atoms with van der Waals surface area (Å²) in [5, 5.41) is 8.09. The van der Waals surface area contributed by atoms with Gasteiger partial charge in [0.1, 0.15) is 17.1 Å². The van der Waals surface area contributed by atoms with Crippen LogP contribution in [0.5, 0.6) is 0 Å². The Morgan fingerprint density at radius 2 is 1.95 bits per heavy atom. The Hall–Kier alpha value is -4.22. The summed E-state index contributed by atoms with van der Waals surface area (Å²) < 4.78 is 35.1. The van der Waals surface area contributed by atoms with E-state index in [2.05, 4.69) is 30.4 Å². The molecule has 1 fully saturated rings. The summed E-state index contributed by atoms with van der Waals surface area (Å²) in [6.07, 6.45) is 4.79. The van der Waals surface area contributed by atoms with Gasteiger partial charge in [-0.2, -0.15) is 5.10 Å². The van der Waals surface area contributed by atoms with Crippen molar-refractivity contribution < 1.29 is 18.3 Å². The molecule has 4 aromatic rings. The lowest BCUT2D eigenvalue weighted by atomic mass is 10.1. The normalized spacial score (nSPS) is 16.1. The van der Waals surface area contributed by atoms with Crippen molar-refractivity contribution in [2.75, 3.05) is 18.0 Å². The number of fused-ring (bicyclic) bond motifs is 1. The number of ether oxygens (including phenoxy) is 1. The maximum Gasteiger partial charge on any atom is 0.407 e. The van der Waals surface area contributed by atoms with Gasteiger partial charge in [-0.3, -0.25) is 9.97 Å². The van der Waals surface area contributed by atoms with Crippen LogP contribution in [0.1, 0.15) is 51.3 Å². The van der Waals surface area contributed by atoms with E-state index in [4.69, 9.17) is 4.74 Å². The lowest BCUT2D eigenvalue weighted by Crippen LogP contribution is -2.49. The fourth-order valence-electron chi connectivity index (χ4n) is 4.58. The maximum absolute atomic E-state index is 14.1. The molecule has 39 heavy (non-hydrogen) atoms. The van der Waals surface area contributed by atoms with Crippen molar-refractivity contribution in [3.05, 3.63) is 54.2 Å². The van der Waals surface area contributed by atoms with Crippen LogP contribution in [0.2, 0.25) is 0 Å². The monoisotopic (exact) mass is 536 g/mol. The Morgan fingerprint density at radius 1 is 1.13 bits per heavy atom. The number of piperidine rings is 1. The Bertz CT molecular complexity index is 1500. The predicted octanol–water partition coefficient (Wildman–Crippen LogP) is 5.01.